The highest BCUT2D eigenvalue weighted by Gasteiger charge is 2.19. The monoisotopic (exact) mass is 305 g/mol. The average molecular weight is 306 g/mol. The van der Waals surface area contributed by atoms with Crippen molar-refractivity contribution in [3.8, 4) is 0 Å². The normalized spacial score (nSPS) is 12.2. The summed E-state index contributed by atoms with van der Waals surface area (Å²) in [6.07, 6.45) is -2.74. The fourth-order valence-electron chi connectivity index (χ4n) is 1.72. The van der Waals surface area contributed by atoms with Crippen molar-refractivity contribution in [1.82, 2.24) is 4.72 Å². The predicted molar refractivity (Wildman–Crippen MR) is 70.2 cm³/mol. The second kappa shape index (κ2) is 5.40. The second-order valence-corrected chi connectivity index (χ2v) is 5.98. The van der Waals surface area contributed by atoms with E-state index in [0.717, 1.165) is 0 Å². The van der Waals surface area contributed by atoms with Gasteiger partial charge in [0.2, 0.25) is 10.0 Å². The molecule has 0 aromatic heterocycles. The Morgan fingerprint density at radius 1 is 1.11 bits per heavy atom. The van der Waals surface area contributed by atoms with Crippen molar-refractivity contribution in [3.63, 3.8) is 0 Å². The van der Waals surface area contributed by atoms with Crippen LogP contribution in [0.2, 0.25) is 5.02 Å². The minimum atomic E-state index is -3.99. The molecule has 0 bridgehead atoms. The zero-order valence-electron chi connectivity index (χ0n) is 9.61. The van der Waals surface area contributed by atoms with Crippen molar-refractivity contribution < 1.29 is 17.2 Å². The molecular formula is C12H10ClF2NO2S. The highest BCUT2D eigenvalue weighted by molar-refractivity contribution is 7.89. The summed E-state index contributed by atoms with van der Waals surface area (Å²) >= 11 is 5.97. The summed E-state index contributed by atoms with van der Waals surface area (Å²) in [7, 11) is -3.99. The first-order valence-electron chi connectivity index (χ1n) is 5.37. The van der Waals surface area contributed by atoms with Gasteiger partial charge in [0.15, 0.2) is 0 Å². The Morgan fingerprint density at radius 2 is 1.74 bits per heavy atom. The molecule has 0 fully saturated rings. The topological polar surface area (TPSA) is 46.2 Å². The maximum atomic E-state index is 12.1. The molecule has 0 aliphatic heterocycles. The number of alkyl halides is 2. The first-order chi connectivity index (χ1) is 8.92. The molecule has 0 atom stereocenters. The summed E-state index contributed by atoms with van der Waals surface area (Å²) in [5.41, 5.74) is 0. The Morgan fingerprint density at radius 3 is 2.37 bits per heavy atom. The predicted octanol–water partition coefficient (Wildman–Crippen LogP) is 3.04. The molecule has 2 aromatic carbocycles. The van der Waals surface area contributed by atoms with Gasteiger partial charge in [0.1, 0.15) is 0 Å². The van der Waals surface area contributed by atoms with E-state index in [-0.39, 0.29) is 4.90 Å². The van der Waals surface area contributed by atoms with Crippen molar-refractivity contribution in [1.29, 1.82) is 0 Å². The molecule has 0 radical (unpaired) electrons. The Labute approximate surface area is 114 Å². The van der Waals surface area contributed by atoms with E-state index in [1.807, 2.05) is 4.72 Å². The van der Waals surface area contributed by atoms with E-state index in [4.69, 9.17) is 11.6 Å². The zero-order chi connectivity index (χ0) is 14.0. The molecule has 0 heterocycles. The number of hydrogen-bond donors (Lipinski definition) is 1. The van der Waals surface area contributed by atoms with E-state index in [9.17, 15) is 17.2 Å². The standard InChI is InChI=1S/C12H10ClF2NO2S/c13-10-5-6-11(9-4-2-1-3-8(9)10)19(17,18)16-7-12(14)15/h1-6,12,16H,7H2. The molecule has 19 heavy (non-hydrogen) atoms. The molecule has 0 aliphatic carbocycles. The summed E-state index contributed by atoms with van der Waals surface area (Å²) in [5.74, 6) is 0. The van der Waals surface area contributed by atoms with Gasteiger partial charge in [0.25, 0.3) is 6.43 Å². The van der Waals surface area contributed by atoms with Gasteiger partial charge < -0.3 is 0 Å². The van der Waals surface area contributed by atoms with Crippen LogP contribution in [-0.2, 0) is 10.0 Å². The molecular weight excluding hydrogens is 296 g/mol. The van der Waals surface area contributed by atoms with Crippen LogP contribution in [-0.4, -0.2) is 21.4 Å². The molecule has 7 heteroatoms. The first-order valence-corrected chi connectivity index (χ1v) is 7.23. The van der Waals surface area contributed by atoms with Crippen LogP contribution in [0.4, 0.5) is 8.78 Å². The first kappa shape index (κ1) is 14.2. The van der Waals surface area contributed by atoms with E-state index >= 15 is 0 Å². The number of rotatable bonds is 4. The summed E-state index contributed by atoms with van der Waals surface area (Å²) in [5, 5.41) is 1.37. The van der Waals surface area contributed by atoms with Gasteiger partial charge in [0.05, 0.1) is 11.4 Å². The van der Waals surface area contributed by atoms with Crippen molar-refractivity contribution in [2.75, 3.05) is 6.54 Å². The summed E-state index contributed by atoms with van der Waals surface area (Å²) in [4.78, 5) is -0.0619. The molecule has 2 rings (SSSR count). The average Bonchev–Trinajstić information content (AvgIpc) is 2.37. The van der Waals surface area contributed by atoms with Crippen molar-refractivity contribution in [2.45, 2.75) is 11.3 Å². The lowest BCUT2D eigenvalue weighted by molar-refractivity contribution is 0.153. The lowest BCUT2D eigenvalue weighted by Gasteiger charge is -2.10. The van der Waals surface area contributed by atoms with Crippen molar-refractivity contribution in [3.05, 3.63) is 41.4 Å². The number of hydrogen-bond acceptors (Lipinski definition) is 2. The number of fused-ring (bicyclic) bond motifs is 1. The van der Waals surface area contributed by atoms with Gasteiger partial charge in [-0.15, -0.1) is 0 Å². The van der Waals surface area contributed by atoms with E-state index in [1.165, 1.54) is 12.1 Å². The molecule has 0 spiro atoms. The fraction of sp³-hybridized carbons (Fsp3) is 0.167. The Kier molecular flexibility index (Phi) is 4.03. The van der Waals surface area contributed by atoms with E-state index in [1.54, 1.807) is 24.3 Å². The van der Waals surface area contributed by atoms with E-state index in [0.29, 0.717) is 15.8 Å². The Balaban J connectivity index is 2.54. The van der Waals surface area contributed by atoms with Crippen molar-refractivity contribution >= 4 is 32.4 Å². The van der Waals surface area contributed by atoms with Gasteiger partial charge in [-0.1, -0.05) is 35.9 Å². The quantitative estimate of drug-likeness (QED) is 0.943. The molecule has 1 N–H and O–H groups in total. The minimum Gasteiger partial charge on any atom is -0.209 e. The van der Waals surface area contributed by atoms with Gasteiger partial charge in [0, 0.05) is 15.8 Å². The Hall–Kier alpha value is -1.24. The maximum absolute atomic E-state index is 12.1. The number of nitrogens with one attached hydrogen (secondary N) is 1. The third-order valence-electron chi connectivity index (χ3n) is 2.55. The number of benzene rings is 2. The summed E-state index contributed by atoms with van der Waals surface area (Å²) in [6, 6.07) is 9.36. The minimum absolute atomic E-state index is 0.0619. The van der Waals surface area contributed by atoms with Gasteiger partial charge >= 0.3 is 0 Å². The molecule has 0 aliphatic rings. The maximum Gasteiger partial charge on any atom is 0.251 e. The van der Waals surface area contributed by atoms with Crippen molar-refractivity contribution in [2.24, 2.45) is 0 Å². The molecule has 3 nitrogen and oxygen atoms in total. The highest BCUT2D eigenvalue weighted by atomic mass is 35.5. The summed E-state index contributed by atoms with van der Waals surface area (Å²) < 4.78 is 50.0. The molecule has 2 aromatic rings. The van der Waals surface area contributed by atoms with Crippen LogP contribution in [0.5, 0.6) is 0 Å². The molecule has 0 unspecified atom stereocenters. The lowest BCUT2D eigenvalue weighted by Crippen LogP contribution is -2.28. The van der Waals surface area contributed by atoms with Gasteiger partial charge in [-0.05, 0) is 12.1 Å². The largest absolute Gasteiger partial charge is 0.251 e. The van der Waals surface area contributed by atoms with Gasteiger partial charge in [-0.3, -0.25) is 0 Å². The van der Waals surface area contributed by atoms with Crippen LogP contribution in [0, 0.1) is 0 Å². The Bertz CT molecular complexity index is 704. The van der Waals surface area contributed by atoms with Crippen LogP contribution in [0.15, 0.2) is 41.3 Å². The fourth-order valence-corrected chi connectivity index (χ4v) is 3.16. The summed E-state index contributed by atoms with van der Waals surface area (Å²) in [6.45, 7) is -0.917. The van der Waals surface area contributed by atoms with Crippen LogP contribution < -0.4 is 4.72 Å². The second-order valence-electron chi connectivity index (χ2n) is 3.83. The van der Waals surface area contributed by atoms with Gasteiger partial charge in [-0.2, -0.15) is 0 Å². The number of halogens is 3. The third kappa shape index (κ3) is 3.02. The van der Waals surface area contributed by atoms with Crippen LogP contribution in [0.3, 0.4) is 0 Å². The van der Waals surface area contributed by atoms with Crippen LogP contribution in [0.1, 0.15) is 0 Å². The molecule has 0 saturated carbocycles. The zero-order valence-corrected chi connectivity index (χ0v) is 11.2. The highest BCUT2D eigenvalue weighted by Crippen LogP contribution is 2.28. The van der Waals surface area contributed by atoms with Crippen LogP contribution >= 0.6 is 11.6 Å². The van der Waals surface area contributed by atoms with E-state index < -0.39 is 23.0 Å². The van der Waals surface area contributed by atoms with E-state index in [2.05, 4.69) is 0 Å². The molecule has 102 valence electrons. The molecule has 0 amide bonds. The lowest BCUT2D eigenvalue weighted by atomic mass is 10.1. The third-order valence-corrected chi connectivity index (χ3v) is 4.36. The van der Waals surface area contributed by atoms with Gasteiger partial charge in [-0.25, -0.2) is 21.9 Å². The smallest absolute Gasteiger partial charge is 0.209 e. The molecule has 0 saturated heterocycles. The number of sulfonamides is 1. The van der Waals surface area contributed by atoms with Crippen LogP contribution in [0.25, 0.3) is 10.8 Å². The SMILES string of the molecule is O=S(=O)(NCC(F)F)c1ccc(Cl)c2ccccc12.